The smallest absolute Gasteiger partial charge is 0.232 e. The number of pyridine rings is 1. The summed E-state index contributed by atoms with van der Waals surface area (Å²) in [6.45, 7) is 4.16. The highest BCUT2D eigenvalue weighted by molar-refractivity contribution is 7.99. The van der Waals surface area contributed by atoms with Gasteiger partial charge in [-0.3, -0.25) is 9.78 Å². The minimum Gasteiger partial charge on any atom is -0.339 e. The zero-order valence-electron chi connectivity index (χ0n) is 12.1. The molecular weight excluding hydrogens is 270 g/mol. The molecule has 0 spiro atoms. The van der Waals surface area contributed by atoms with E-state index in [0.29, 0.717) is 12.3 Å². The van der Waals surface area contributed by atoms with Gasteiger partial charge in [-0.05, 0) is 38.1 Å². The van der Waals surface area contributed by atoms with Crippen LogP contribution in [-0.4, -0.2) is 58.9 Å². The standard InChI is InChI=1S/C15H23N3OS/c1-17(12-14-6-2-3-7-16-14)15(19)13-20-11-10-18-8-4-5-9-18/h2-3,6-7H,4-5,8-13H2,1H3. The number of likely N-dealkylation sites (tertiary alicyclic amines) is 1. The van der Waals surface area contributed by atoms with Crippen molar-refractivity contribution < 1.29 is 4.79 Å². The van der Waals surface area contributed by atoms with Crippen LogP contribution >= 0.6 is 11.8 Å². The van der Waals surface area contributed by atoms with Crippen LogP contribution in [0, 0.1) is 0 Å². The van der Waals surface area contributed by atoms with Gasteiger partial charge in [-0.25, -0.2) is 0 Å². The molecule has 0 aliphatic carbocycles. The average Bonchev–Trinajstić information content (AvgIpc) is 2.97. The first kappa shape index (κ1) is 15.3. The second-order valence-electron chi connectivity index (χ2n) is 5.17. The third kappa shape index (κ3) is 5.13. The van der Waals surface area contributed by atoms with Crippen molar-refractivity contribution in [1.29, 1.82) is 0 Å². The largest absolute Gasteiger partial charge is 0.339 e. The van der Waals surface area contributed by atoms with Gasteiger partial charge in [-0.15, -0.1) is 0 Å². The molecule has 0 unspecified atom stereocenters. The Bertz CT molecular complexity index is 407. The summed E-state index contributed by atoms with van der Waals surface area (Å²) >= 11 is 1.73. The first-order valence-corrected chi connectivity index (χ1v) is 8.35. The predicted molar refractivity (Wildman–Crippen MR) is 83.7 cm³/mol. The van der Waals surface area contributed by atoms with Crippen LogP contribution < -0.4 is 0 Å². The molecule has 2 heterocycles. The molecule has 1 saturated heterocycles. The zero-order chi connectivity index (χ0) is 14.2. The van der Waals surface area contributed by atoms with Gasteiger partial charge < -0.3 is 9.80 Å². The molecule has 1 aromatic heterocycles. The van der Waals surface area contributed by atoms with E-state index in [1.54, 1.807) is 22.9 Å². The molecule has 0 N–H and O–H groups in total. The van der Waals surface area contributed by atoms with Gasteiger partial charge in [0, 0.05) is 25.5 Å². The summed E-state index contributed by atoms with van der Waals surface area (Å²) in [5.41, 5.74) is 0.936. The van der Waals surface area contributed by atoms with Crippen LogP contribution in [0.1, 0.15) is 18.5 Å². The van der Waals surface area contributed by atoms with Crippen molar-refractivity contribution in [2.24, 2.45) is 0 Å². The Balaban J connectivity index is 1.61. The zero-order valence-corrected chi connectivity index (χ0v) is 12.9. The summed E-state index contributed by atoms with van der Waals surface area (Å²) in [6.07, 6.45) is 4.42. The molecule has 1 aromatic rings. The quantitative estimate of drug-likeness (QED) is 0.719. The number of thioether (sulfide) groups is 1. The van der Waals surface area contributed by atoms with E-state index in [0.717, 1.165) is 18.0 Å². The maximum atomic E-state index is 12.0. The van der Waals surface area contributed by atoms with E-state index in [9.17, 15) is 4.79 Å². The van der Waals surface area contributed by atoms with Crippen molar-refractivity contribution >= 4 is 17.7 Å². The Morgan fingerprint density at radius 2 is 2.20 bits per heavy atom. The van der Waals surface area contributed by atoms with Gasteiger partial charge in [-0.1, -0.05) is 6.07 Å². The fraction of sp³-hybridized carbons (Fsp3) is 0.600. The van der Waals surface area contributed by atoms with Crippen molar-refractivity contribution in [2.45, 2.75) is 19.4 Å². The van der Waals surface area contributed by atoms with E-state index in [1.807, 2.05) is 25.2 Å². The summed E-state index contributed by atoms with van der Waals surface area (Å²) < 4.78 is 0. The highest BCUT2D eigenvalue weighted by Gasteiger charge is 2.12. The third-order valence-corrected chi connectivity index (χ3v) is 4.45. The topological polar surface area (TPSA) is 36.4 Å². The Labute approximate surface area is 125 Å². The lowest BCUT2D eigenvalue weighted by Gasteiger charge is -2.17. The maximum Gasteiger partial charge on any atom is 0.232 e. The molecule has 4 nitrogen and oxygen atoms in total. The summed E-state index contributed by atoms with van der Waals surface area (Å²) in [5.74, 6) is 1.79. The van der Waals surface area contributed by atoms with Crippen LogP contribution in [0.15, 0.2) is 24.4 Å². The highest BCUT2D eigenvalue weighted by atomic mass is 32.2. The van der Waals surface area contributed by atoms with Gasteiger partial charge >= 0.3 is 0 Å². The van der Waals surface area contributed by atoms with Gasteiger partial charge in [0.15, 0.2) is 0 Å². The van der Waals surface area contributed by atoms with E-state index < -0.39 is 0 Å². The van der Waals surface area contributed by atoms with Gasteiger partial charge in [0.1, 0.15) is 0 Å². The number of carbonyl (C=O) groups excluding carboxylic acids is 1. The van der Waals surface area contributed by atoms with Crippen molar-refractivity contribution in [1.82, 2.24) is 14.8 Å². The molecule has 1 amide bonds. The van der Waals surface area contributed by atoms with Crippen LogP contribution in [0.2, 0.25) is 0 Å². The van der Waals surface area contributed by atoms with Crippen LogP contribution in [0.5, 0.6) is 0 Å². The lowest BCUT2D eigenvalue weighted by Crippen LogP contribution is -2.29. The summed E-state index contributed by atoms with van der Waals surface area (Å²) in [6, 6.07) is 5.79. The Hall–Kier alpha value is -1.07. The van der Waals surface area contributed by atoms with Crippen LogP contribution in [0.3, 0.4) is 0 Å². The lowest BCUT2D eigenvalue weighted by molar-refractivity contribution is -0.127. The van der Waals surface area contributed by atoms with Crippen molar-refractivity contribution in [3.05, 3.63) is 30.1 Å². The van der Waals surface area contributed by atoms with Crippen LogP contribution in [-0.2, 0) is 11.3 Å². The number of nitrogens with zero attached hydrogens (tertiary/aromatic N) is 3. The molecule has 2 rings (SSSR count). The monoisotopic (exact) mass is 293 g/mol. The normalized spacial score (nSPS) is 15.4. The number of aromatic nitrogens is 1. The van der Waals surface area contributed by atoms with Crippen molar-refractivity contribution in [3.8, 4) is 0 Å². The number of amides is 1. The molecule has 0 aromatic carbocycles. The second kappa shape index (κ2) is 8.27. The van der Waals surface area contributed by atoms with Gasteiger partial charge in [-0.2, -0.15) is 11.8 Å². The predicted octanol–water partition coefficient (Wildman–Crippen LogP) is 1.87. The fourth-order valence-corrected chi connectivity index (χ4v) is 3.22. The maximum absolute atomic E-state index is 12.0. The van der Waals surface area contributed by atoms with Crippen LogP contribution in [0.4, 0.5) is 0 Å². The molecule has 0 bridgehead atoms. The molecular formula is C15H23N3OS. The van der Waals surface area contributed by atoms with E-state index in [-0.39, 0.29) is 5.91 Å². The molecule has 1 fully saturated rings. The molecule has 20 heavy (non-hydrogen) atoms. The molecule has 110 valence electrons. The SMILES string of the molecule is CN(Cc1ccccn1)C(=O)CSCCN1CCCC1. The van der Waals surface area contributed by atoms with E-state index >= 15 is 0 Å². The second-order valence-corrected chi connectivity index (χ2v) is 6.28. The first-order valence-electron chi connectivity index (χ1n) is 7.19. The minimum atomic E-state index is 0.182. The average molecular weight is 293 g/mol. The third-order valence-electron chi connectivity index (χ3n) is 3.53. The molecule has 0 saturated carbocycles. The van der Waals surface area contributed by atoms with Gasteiger partial charge in [0.25, 0.3) is 0 Å². The molecule has 1 aliphatic rings. The lowest BCUT2D eigenvalue weighted by atomic mass is 10.3. The Morgan fingerprint density at radius 3 is 2.90 bits per heavy atom. The van der Waals surface area contributed by atoms with Crippen molar-refractivity contribution in [2.75, 3.05) is 38.2 Å². The molecule has 0 radical (unpaired) electrons. The summed E-state index contributed by atoms with van der Waals surface area (Å²) in [7, 11) is 1.85. The number of hydrogen-bond donors (Lipinski definition) is 0. The Kier molecular flexibility index (Phi) is 6.33. The summed E-state index contributed by atoms with van der Waals surface area (Å²) in [4.78, 5) is 20.5. The molecule has 1 aliphatic heterocycles. The van der Waals surface area contributed by atoms with Gasteiger partial charge in [0.05, 0.1) is 18.0 Å². The van der Waals surface area contributed by atoms with Crippen molar-refractivity contribution in [3.63, 3.8) is 0 Å². The fourth-order valence-electron chi connectivity index (χ4n) is 2.29. The molecule has 0 atom stereocenters. The number of rotatable bonds is 7. The van der Waals surface area contributed by atoms with E-state index in [1.165, 1.54) is 25.9 Å². The minimum absolute atomic E-state index is 0.182. The van der Waals surface area contributed by atoms with Crippen LogP contribution in [0.25, 0.3) is 0 Å². The number of hydrogen-bond acceptors (Lipinski definition) is 4. The summed E-state index contributed by atoms with van der Waals surface area (Å²) in [5, 5.41) is 0. The highest BCUT2D eigenvalue weighted by Crippen LogP contribution is 2.10. The molecule has 5 heteroatoms. The number of carbonyl (C=O) groups is 1. The van der Waals surface area contributed by atoms with E-state index in [2.05, 4.69) is 9.88 Å². The van der Waals surface area contributed by atoms with Gasteiger partial charge in [0.2, 0.25) is 5.91 Å². The van der Waals surface area contributed by atoms with E-state index in [4.69, 9.17) is 0 Å². The Morgan fingerprint density at radius 1 is 1.40 bits per heavy atom. The first-order chi connectivity index (χ1) is 9.75.